The van der Waals surface area contributed by atoms with Gasteiger partial charge in [0.2, 0.25) is 5.43 Å². The van der Waals surface area contributed by atoms with Crippen LogP contribution in [0.2, 0.25) is 0 Å². The van der Waals surface area contributed by atoms with E-state index < -0.39 is 0 Å². The molecule has 0 saturated heterocycles. The van der Waals surface area contributed by atoms with E-state index in [1.165, 1.54) is 15.9 Å². The van der Waals surface area contributed by atoms with Gasteiger partial charge >= 0.3 is 0 Å². The molecule has 0 aliphatic heterocycles. The van der Waals surface area contributed by atoms with Crippen molar-refractivity contribution in [3.8, 4) is 11.4 Å². The summed E-state index contributed by atoms with van der Waals surface area (Å²) in [5.41, 5.74) is 1.38. The first-order chi connectivity index (χ1) is 12.6. The first-order valence-electron chi connectivity index (χ1n) is 8.24. The second kappa shape index (κ2) is 6.35. The van der Waals surface area contributed by atoms with Crippen molar-refractivity contribution in [3.63, 3.8) is 0 Å². The van der Waals surface area contributed by atoms with Crippen molar-refractivity contribution in [2.45, 2.75) is 13.5 Å². The zero-order valence-corrected chi connectivity index (χ0v) is 15.0. The third-order valence-electron chi connectivity index (χ3n) is 4.32. The fourth-order valence-corrected chi connectivity index (χ4v) is 4.05. The normalized spacial score (nSPS) is 11.1. The standard InChI is InChI=1S/C21H16N2O2S/c1-3-12-23-19(14-10-8-13(2)9-11-14)22-20-17(21(23)25)18(24)15-6-4-5-7-16(15)26-20/h3-11H,1,12H2,2H3. The Morgan fingerprint density at radius 2 is 1.85 bits per heavy atom. The van der Waals surface area contributed by atoms with E-state index in [1.807, 2.05) is 43.3 Å². The highest BCUT2D eigenvalue weighted by atomic mass is 32.1. The first kappa shape index (κ1) is 16.4. The molecule has 2 aromatic heterocycles. The lowest BCUT2D eigenvalue weighted by molar-refractivity contribution is 0.780. The maximum absolute atomic E-state index is 13.1. The van der Waals surface area contributed by atoms with E-state index in [1.54, 1.807) is 18.2 Å². The molecule has 0 aliphatic carbocycles. The molecule has 0 N–H and O–H groups in total. The third kappa shape index (κ3) is 2.57. The SMILES string of the molecule is C=CCn1c(-c2ccc(C)cc2)nc2sc3ccccc3c(=O)c2c1=O. The number of hydrogen-bond acceptors (Lipinski definition) is 4. The van der Waals surface area contributed by atoms with Crippen LogP contribution in [0.3, 0.4) is 0 Å². The maximum Gasteiger partial charge on any atom is 0.266 e. The molecule has 2 aromatic carbocycles. The highest BCUT2D eigenvalue weighted by molar-refractivity contribution is 7.24. The maximum atomic E-state index is 13.1. The van der Waals surface area contributed by atoms with Crippen molar-refractivity contribution in [1.82, 2.24) is 9.55 Å². The van der Waals surface area contributed by atoms with E-state index in [9.17, 15) is 9.59 Å². The summed E-state index contributed by atoms with van der Waals surface area (Å²) >= 11 is 1.37. The Hall–Kier alpha value is -3.05. The van der Waals surface area contributed by atoms with Gasteiger partial charge in [-0.3, -0.25) is 14.2 Å². The smallest absolute Gasteiger partial charge is 0.266 e. The van der Waals surface area contributed by atoms with Gasteiger partial charge in [0.05, 0.1) is 0 Å². The predicted molar refractivity (Wildman–Crippen MR) is 108 cm³/mol. The topological polar surface area (TPSA) is 52.0 Å². The lowest BCUT2D eigenvalue weighted by atomic mass is 10.1. The van der Waals surface area contributed by atoms with Gasteiger partial charge in [-0.25, -0.2) is 4.98 Å². The molecule has 0 saturated carbocycles. The van der Waals surface area contributed by atoms with Crippen LogP contribution in [0.4, 0.5) is 0 Å². The number of fused-ring (bicyclic) bond motifs is 2. The van der Waals surface area contributed by atoms with E-state index in [0.29, 0.717) is 22.6 Å². The summed E-state index contributed by atoms with van der Waals surface area (Å²) in [7, 11) is 0. The molecule has 0 spiro atoms. The minimum atomic E-state index is -0.322. The zero-order valence-electron chi connectivity index (χ0n) is 14.2. The minimum Gasteiger partial charge on any atom is -0.288 e. The lowest BCUT2D eigenvalue weighted by Gasteiger charge is -2.12. The number of aromatic nitrogens is 2. The van der Waals surface area contributed by atoms with Gasteiger partial charge in [-0.05, 0) is 19.1 Å². The molecule has 5 heteroatoms. The Morgan fingerprint density at radius 1 is 1.12 bits per heavy atom. The monoisotopic (exact) mass is 360 g/mol. The molecule has 4 nitrogen and oxygen atoms in total. The Kier molecular flexibility index (Phi) is 4.01. The van der Waals surface area contributed by atoms with Crippen molar-refractivity contribution < 1.29 is 0 Å². The number of allylic oxidation sites excluding steroid dienone is 1. The fourth-order valence-electron chi connectivity index (χ4n) is 3.01. The van der Waals surface area contributed by atoms with Crippen molar-refractivity contribution in [1.29, 1.82) is 0 Å². The van der Waals surface area contributed by atoms with Gasteiger partial charge in [0.1, 0.15) is 16.0 Å². The van der Waals surface area contributed by atoms with E-state index in [2.05, 4.69) is 6.58 Å². The summed E-state index contributed by atoms with van der Waals surface area (Å²) in [6, 6.07) is 15.1. The Bertz CT molecular complexity index is 1270. The summed E-state index contributed by atoms with van der Waals surface area (Å²) in [4.78, 5) is 31.2. The van der Waals surface area contributed by atoms with Gasteiger partial charge in [-0.2, -0.15) is 0 Å². The Labute approximate surface area is 153 Å². The fraction of sp³-hybridized carbons (Fsp3) is 0.0952. The van der Waals surface area contributed by atoms with Crippen LogP contribution >= 0.6 is 11.3 Å². The molecule has 0 fully saturated rings. The van der Waals surface area contributed by atoms with Crippen LogP contribution in [0.5, 0.6) is 0 Å². The molecule has 4 rings (SSSR count). The highest BCUT2D eigenvalue weighted by Gasteiger charge is 2.16. The van der Waals surface area contributed by atoms with Crippen LogP contribution in [-0.2, 0) is 6.54 Å². The van der Waals surface area contributed by atoms with Gasteiger partial charge in [-0.15, -0.1) is 17.9 Å². The summed E-state index contributed by atoms with van der Waals surface area (Å²) in [5.74, 6) is 0.549. The van der Waals surface area contributed by atoms with Crippen molar-refractivity contribution in [3.05, 3.63) is 87.3 Å². The molecule has 4 aromatic rings. The summed E-state index contributed by atoms with van der Waals surface area (Å²) in [5, 5.41) is 0.698. The average Bonchev–Trinajstić information content (AvgIpc) is 2.64. The van der Waals surface area contributed by atoms with Crippen LogP contribution in [-0.4, -0.2) is 9.55 Å². The van der Waals surface area contributed by atoms with Gasteiger partial charge in [0, 0.05) is 22.2 Å². The molecule has 0 amide bonds. The molecule has 128 valence electrons. The van der Waals surface area contributed by atoms with Gasteiger partial charge < -0.3 is 0 Å². The van der Waals surface area contributed by atoms with E-state index in [-0.39, 0.29) is 16.4 Å². The van der Waals surface area contributed by atoms with Gasteiger partial charge in [-0.1, -0.05) is 48.0 Å². The zero-order chi connectivity index (χ0) is 18.3. The third-order valence-corrected chi connectivity index (χ3v) is 5.39. The number of nitrogens with zero attached hydrogens (tertiary/aromatic N) is 2. The summed E-state index contributed by atoms with van der Waals surface area (Å²) < 4.78 is 2.34. The van der Waals surface area contributed by atoms with E-state index >= 15 is 0 Å². The molecule has 0 bridgehead atoms. The number of hydrogen-bond donors (Lipinski definition) is 0. The molecule has 0 unspecified atom stereocenters. The molecule has 0 aliphatic rings. The molecule has 0 atom stereocenters. The van der Waals surface area contributed by atoms with Crippen LogP contribution in [0.1, 0.15) is 5.56 Å². The second-order valence-electron chi connectivity index (χ2n) is 6.11. The summed E-state index contributed by atoms with van der Waals surface area (Å²) in [6.07, 6.45) is 1.64. The van der Waals surface area contributed by atoms with Crippen LogP contribution < -0.4 is 11.0 Å². The van der Waals surface area contributed by atoms with Crippen LogP contribution in [0.25, 0.3) is 31.7 Å². The lowest BCUT2D eigenvalue weighted by Crippen LogP contribution is -2.26. The van der Waals surface area contributed by atoms with Gasteiger partial charge in [0.15, 0.2) is 0 Å². The average molecular weight is 360 g/mol. The Balaban J connectivity index is 2.15. The van der Waals surface area contributed by atoms with Crippen LogP contribution in [0.15, 0.2) is 70.8 Å². The predicted octanol–water partition coefficient (Wildman–Crippen LogP) is 4.13. The quantitative estimate of drug-likeness (QED) is 0.408. The van der Waals surface area contributed by atoms with Crippen molar-refractivity contribution >= 4 is 31.6 Å². The van der Waals surface area contributed by atoms with Crippen molar-refractivity contribution in [2.75, 3.05) is 0 Å². The molecule has 26 heavy (non-hydrogen) atoms. The second-order valence-corrected chi connectivity index (χ2v) is 7.14. The molecular formula is C21H16N2O2S. The largest absolute Gasteiger partial charge is 0.288 e. The Morgan fingerprint density at radius 3 is 2.58 bits per heavy atom. The minimum absolute atomic E-state index is 0.145. The van der Waals surface area contributed by atoms with E-state index in [0.717, 1.165) is 15.8 Å². The van der Waals surface area contributed by atoms with Crippen molar-refractivity contribution in [2.24, 2.45) is 0 Å². The van der Waals surface area contributed by atoms with Crippen LogP contribution in [0, 0.1) is 6.92 Å². The molecular weight excluding hydrogens is 344 g/mol. The number of benzene rings is 2. The first-order valence-corrected chi connectivity index (χ1v) is 9.06. The van der Waals surface area contributed by atoms with E-state index in [4.69, 9.17) is 4.98 Å². The highest BCUT2D eigenvalue weighted by Crippen LogP contribution is 2.24. The number of rotatable bonds is 3. The summed E-state index contributed by atoms with van der Waals surface area (Å²) in [6.45, 7) is 6.04. The van der Waals surface area contributed by atoms with Gasteiger partial charge in [0.25, 0.3) is 5.56 Å². The molecule has 2 heterocycles. The number of aryl methyl sites for hydroxylation is 1. The molecule has 0 radical (unpaired) electrons.